The highest BCUT2D eigenvalue weighted by Crippen LogP contribution is 2.37. The number of hydrogen-bond donors (Lipinski definition) is 3. The number of carboxylic acids is 2. The first-order valence-electron chi connectivity index (χ1n) is 8.23. The van der Waals surface area contributed by atoms with Crippen LogP contribution in [-0.2, 0) is 9.59 Å². The van der Waals surface area contributed by atoms with E-state index in [1.807, 2.05) is 0 Å². The van der Waals surface area contributed by atoms with E-state index in [-0.39, 0.29) is 33.3 Å². The number of carboxylic acid groups (broad SMARTS) is 2. The fourth-order valence-corrected chi connectivity index (χ4v) is 2.61. The first-order chi connectivity index (χ1) is 14.2. The SMILES string of the molecule is COc1cc(/C=C(/C#N)C(=O)Nc2cccc(C(=O)O)c2)cc(Cl)c1OCC(=O)O. The number of aliphatic carboxylic acids is 1. The van der Waals surface area contributed by atoms with Crippen LogP contribution in [0.15, 0.2) is 42.0 Å². The third-order valence-electron chi connectivity index (χ3n) is 3.64. The maximum Gasteiger partial charge on any atom is 0.341 e. The fraction of sp³-hybridized carbons (Fsp3) is 0.100. The summed E-state index contributed by atoms with van der Waals surface area (Å²) in [7, 11) is 1.32. The molecular formula is C20H15ClN2O7. The average Bonchev–Trinajstić information content (AvgIpc) is 2.70. The zero-order valence-electron chi connectivity index (χ0n) is 15.5. The maximum atomic E-state index is 12.4. The van der Waals surface area contributed by atoms with Crippen LogP contribution in [-0.4, -0.2) is 41.8 Å². The summed E-state index contributed by atoms with van der Waals surface area (Å²) < 4.78 is 10.2. The molecule has 0 fully saturated rings. The van der Waals surface area contributed by atoms with E-state index in [0.29, 0.717) is 5.56 Å². The maximum absolute atomic E-state index is 12.4. The zero-order chi connectivity index (χ0) is 22.3. The Morgan fingerprint density at radius 2 is 1.97 bits per heavy atom. The van der Waals surface area contributed by atoms with Gasteiger partial charge < -0.3 is 25.0 Å². The van der Waals surface area contributed by atoms with Gasteiger partial charge in [-0.1, -0.05) is 17.7 Å². The normalized spacial score (nSPS) is 10.6. The summed E-state index contributed by atoms with van der Waals surface area (Å²) in [6.07, 6.45) is 1.24. The van der Waals surface area contributed by atoms with Crippen molar-refractivity contribution in [1.82, 2.24) is 0 Å². The van der Waals surface area contributed by atoms with Gasteiger partial charge in [-0.25, -0.2) is 9.59 Å². The van der Waals surface area contributed by atoms with Gasteiger partial charge in [-0.2, -0.15) is 5.26 Å². The lowest BCUT2D eigenvalue weighted by Crippen LogP contribution is -2.14. The Bertz CT molecular complexity index is 1070. The first kappa shape index (κ1) is 22.3. The molecule has 9 nitrogen and oxygen atoms in total. The summed E-state index contributed by atoms with van der Waals surface area (Å²) in [6, 6.07) is 10.1. The van der Waals surface area contributed by atoms with Crippen LogP contribution in [0.25, 0.3) is 6.08 Å². The van der Waals surface area contributed by atoms with Crippen LogP contribution in [0.5, 0.6) is 11.5 Å². The minimum absolute atomic E-state index is 0.00663. The number of carbonyl (C=O) groups is 3. The molecule has 0 aromatic heterocycles. The number of nitriles is 1. The van der Waals surface area contributed by atoms with Crippen LogP contribution in [0.2, 0.25) is 5.02 Å². The van der Waals surface area contributed by atoms with Gasteiger partial charge >= 0.3 is 11.9 Å². The lowest BCUT2D eigenvalue weighted by Gasteiger charge is -2.12. The van der Waals surface area contributed by atoms with Crippen LogP contribution >= 0.6 is 11.6 Å². The number of anilines is 1. The van der Waals surface area contributed by atoms with Crippen molar-refractivity contribution < 1.29 is 34.1 Å². The Morgan fingerprint density at radius 1 is 1.23 bits per heavy atom. The molecule has 0 spiro atoms. The van der Waals surface area contributed by atoms with E-state index in [9.17, 15) is 19.6 Å². The fourth-order valence-electron chi connectivity index (χ4n) is 2.34. The van der Waals surface area contributed by atoms with E-state index in [4.69, 9.17) is 31.3 Å². The minimum Gasteiger partial charge on any atom is -0.493 e. The van der Waals surface area contributed by atoms with Crippen LogP contribution in [0.4, 0.5) is 5.69 Å². The molecule has 0 radical (unpaired) electrons. The summed E-state index contributed by atoms with van der Waals surface area (Å²) >= 11 is 6.11. The molecule has 0 saturated heterocycles. The summed E-state index contributed by atoms with van der Waals surface area (Å²) in [5, 5.41) is 29.6. The molecule has 0 saturated carbocycles. The summed E-state index contributed by atoms with van der Waals surface area (Å²) in [4.78, 5) is 34.1. The quantitative estimate of drug-likeness (QED) is 0.427. The first-order valence-corrected chi connectivity index (χ1v) is 8.61. The molecule has 3 N–H and O–H groups in total. The van der Waals surface area contributed by atoms with Gasteiger partial charge in [-0.15, -0.1) is 0 Å². The lowest BCUT2D eigenvalue weighted by molar-refractivity contribution is -0.139. The van der Waals surface area contributed by atoms with E-state index in [1.165, 1.54) is 49.6 Å². The van der Waals surface area contributed by atoms with E-state index in [2.05, 4.69) is 5.32 Å². The number of rotatable bonds is 8. The van der Waals surface area contributed by atoms with Crippen molar-refractivity contribution in [2.24, 2.45) is 0 Å². The topological polar surface area (TPSA) is 146 Å². The molecule has 2 aromatic carbocycles. The summed E-state index contributed by atoms with van der Waals surface area (Å²) in [6.45, 7) is -0.632. The molecule has 10 heteroatoms. The van der Waals surface area contributed by atoms with Crippen LogP contribution in [0, 0.1) is 11.3 Å². The van der Waals surface area contributed by atoms with E-state index in [0.717, 1.165) is 0 Å². The number of carbonyl (C=O) groups excluding carboxylic acids is 1. The minimum atomic E-state index is -1.20. The number of halogens is 1. The Morgan fingerprint density at radius 3 is 2.57 bits per heavy atom. The van der Waals surface area contributed by atoms with Crippen molar-refractivity contribution in [1.29, 1.82) is 5.26 Å². The van der Waals surface area contributed by atoms with Gasteiger partial charge in [-0.05, 0) is 42.0 Å². The third-order valence-corrected chi connectivity index (χ3v) is 3.92. The Hall–Kier alpha value is -4.03. The standard InChI is InChI=1S/C20H15ClN2O7/c1-29-16-7-11(6-15(21)18(16)30-10-17(24)25)5-13(9-22)19(26)23-14-4-2-3-12(8-14)20(27)28/h2-8H,10H2,1H3,(H,23,26)(H,24,25)(H,27,28)/b13-5-. The van der Waals surface area contributed by atoms with Gasteiger partial charge in [0.05, 0.1) is 17.7 Å². The van der Waals surface area contributed by atoms with Gasteiger partial charge in [0, 0.05) is 5.69 Å². The molecule has 154 valence electrons. The van der Waals surface area contributed by atoms with E-state index < -0.39 is 24.5 Å². The van der Waals surface area contributed by atoms with Gasteiger partial charge in [0.1, 0.15) is 11.6 Å². The highest BCUT2D eigenvalue weighted by Gasteiger charge is 2.15. The van der Waals surface area contributed by atoms with Crippen molar-refractivity contribution in [3.63, 3.8) is 0 Å². The van der Waals surface area contributed by atoms with Crippen LogP contribution < -0.4 is 14.8 Å². The summed E-state index contributed by atoms with van der Waals surface area (Å²) in [5.41, 5.74) is 0.219. The molecule has 0 unspecified atom stereocenters. The highest BCUT2D eigenvalue weighted by atomic mass is 35.5. The largest absolute Gasteiger partial charge is 0.493 e. The predicted molar refractivity (Wildman–Crippen MR) is 107 cm³/mol. The number of methoxy groups -OCH3 is 1. The van der Waals surface area contributed by atoms with Crippen LogP contribution in [0.1, 0.15) is 15.9 Å². The van der Waals surface area contributed by atoms with Crippen molar-refractivity contribution in [2.45, 2.75) is 0 Å². The van der Waals surface area contributed by atoms with Crippen molar-refractivity contribution in [3.05, 3.63) is 58.1 Å². The molecule has 2 rings (SSSR count). The lowest BCUT2D eigenvalue weighted by atomic mass is 10.1. The zero-order valence-corrected chi connectivity index (χ0v) is 16.3. The number of hydrogen-bond acceptors (Lipinski definition) is 6. The van der Waals surface area contributed by atoms with Gasteiger partial charge in [0.15, 0.2) is 18.1 Å². The molecule has 0 aliphatic carbocycles. The van der Waals surface area contributed by atoms with E-state index in [1.54, 1.807) is 6.07 Å². The number of benzene rings is 2. The smallest absolute Gasteiger partial charge is 0.341 e. The number of nitrogens with one attached hydrogen (secondary N) is 1. The molecule has 0 bridgehead atoms. The highest BCUT2D eigenvalue weighted by molar-refractivity contribution is 6.32. The Balaban J connectivity index is 2.30. The number of amides is 1. The molecule has 2 aromatic rings. The van der Waals surface area contributed by atoms with Gasteiger partial charge in [0.25, 0.3) is 5.91 Å². The van der Waals surface area contributed by atoms with Gasteiger partial charge in [0.2, 0.25) is 0 Å². The van der Waals surface area contributed by atoms with Crippen molar-refractivity contribution >= 4 is 41.2 Å². The Kier molecular flexibility index (Phi) is 7.38. The second-order valence-electron chi connectivity index (χ2n) is 5.73. The second kappa shape index (κ2) is 9.95. The molecule has 0 aliphatic heterocycles. The third kappa shape index (κ3) is 5.73. The number of nitrogens with zero attached hydrogens (tertiary/aromatic N) is 1. The Labute approximate surface area is 175 Å². The molecule has 0 heterocycles. The van der Waals surface area contributed by atoms with Crippen LogP contribution in [0.3, 0.4) is 0 Å². The van der Waals surface area contributed by atoms with Crippen molar-refractivity contribution in [2.75, 3.05) is 19.0 Å². The molecule has 0 atom stereocenters. The average molecular weight is 431 g/mol. The molecule has 30 heavy (non-hydrogen) atoms. The number of aromatic carboxylic acids is 1. The van der Waals surface area contributed by atoms with Crippen molar-refractivity contribution in [3.8, 4) is 17.6 Å². The molecular weight excluding hydrogens is 416 g/mol. The monoisotopic (exact) mass is 430 g/mol. The predicted octanol–water partition coefficient (Wildman–Crippen LogP) is 3.06. The number of ether oxygens (including phenoxy) is 2. The molecule has 0 aliphatic rings. The second-order valence-corrected chi connectivity index (χ2v) is 6.13. The van der Waals surface area contributed by atoms with Gasteiger partial charge in [-0.3, -0.25) is 4.79 Å². The molecule has 1 amide bonds. The van der Waals surface area contributed by atoms with E-state index >= 15 is 0 Å². The summed E-state index contributed by atoms with van der Waals surface area (Å²) in [5.74, 6) is -3.00.